The average molecular weight is 645 g/mol. The highest BCUT2D eigenvalue weighted by Gasteiger charge is 2.37. The molecule has 3 rings (SSSR count). The molecule has 0 saturated heterocycles. The summed E-state index contributed by atoms with van der Waals surface area (Å²) in [7, 11) is -4.56. The zero-order chi connectivity index (χ0) is 31.2. The van der Waals surface area contributed by atoms with Gasteiger partial charge in [0.25, 0.3) is 10.0 Å². The van der Waals surface area contributed by atoms with Gasteiger partial charge in [0, 0.05) is 18.1 Å². The van der Waals surface area contributed by atoms with Crippen LogP contribution in [0.15, 0.2) is 71.6 Å². The van der Waals surface area contributed by atoms with Crippen LogP contribution in [0.2, 0.25) is 10.0 Å². The Morgan fingerprint density at radius 2 is 1.57 bits per heavy atom. The van der Waals surface area contributed by atoms with Crippen molar-refractivity contribution in [3.63, 3.8) is 0 Å². The summed E-state index contributed by atoms with van der Waals surface area (Å²) in [5, 5.41) is 2.50. The molecule has 3 aromatic carbocycles. The molecule has 0 radical (unpaired) electrons. The molecule has 13 heteroatoms. The van der Waals surface area contributed by atoms with Gasteiger partial charge >= 0.3 is 6.18 Å². The lowest BCUT2D eigenvalue weighted by molar-refractivity contribution is -0.140. The van der Waals surface area contributed by atoms with Crippen molar-refractivity contribution in [3.05, 3.63) is 93.5 Å². The van der Waals surface area contributed by atoms with Gasteiger partial charge < -0.3 is 10.2 Å². The second-order valence-electron chi connectivity index (χ2n) is 9.45. The van der Waals surface area contributed by atoms with Crippen LogP contribution in [0.3, 0.4) is 0 Å². The smallest absolute Gasteiger partial charge is 0.355 e. The fourth-order valence-electron chi connectivity index (χ4n) is 4.25. The minimum atomic E-state index is -4.89. The van der Waals surface area contributed by atoms with Crippen molar-refractivity contribution < 1.29 is 31.2 Å². The number of amides is 2. The van der Waals surface area contributed by atoms with Crippen LogP contribution in [-0.4, -0.2) is 44.3 Å². The minimum Gasteiger partial charge on any atom is -0.355 e. The second-order valence-corrected chi connectivity index (χ2v) is 12.2. The van der Waals surface area contributed by atoms with Crippen LogP contribution in [0.5, 0.6) is 0 Å². The van der Waals surface area contributed by atoms with E-state index in [1.165, 1.54) is 29.2 Å². The van der Waals surface area contributed by atoms with Crippen molar-refractivity contribution >= 4 is 50.7 Å². The molecule has 0 heterocycles. The minimum absolute atomic E-state index is 0.0848. The lowest BCUT2D eigenvalue weighted by Gasteiger charge is -2.33. The number of sulfonamides is 1. The van der Waals surface area contributed by atoms with Gasteiger partial charge in [-0.15, -0.1) is 0 Å². The Kier molecular flexibility index (Phi) is 10.9. The number of halogens is 5. The number of rotatable bonds is 11. The molecule has 0 unspecified atom stereocenters. The third-order valence-electron chi connectivity index (χ3n) is 6.43. The van der Waals surface area contributed by atoms with Crippen molar-refractivity contribution in [1.29, 1.82) is 0 Å². The summed E-state index contributed by atoms with van der Waals surface area (Å²) in [4.78, 5) is 27.9. The molecule has 0 saturated carbocycles. The molecule has 0 aromatic heterocycles. The van der Waals surface area contributed by atoms with Gasteiger partial charge in [-0.1, -0.05) is 60.0 Å². The lowest BCUT2D eigenvalue weighted by Crippen LogP contribution is -2.52. The molecule has 0 aliphatic heterocycles. The van der Waals surface area contributed by atoms with Crippen LogP contribution in [-0.2, 0) is 32.3 Å². The summed E-state index contributed by atoms with van der Waals surface area (Å²) in [6.45, 7) is 4.46. The predicted octanol–water partition coefficient (Wildman–Crippen LogP) is 6.46. The zero-order valence-corrected chi connectivity index (χ0v) is 25.4. The zero-order valence-electron chi connectivity index (χ0n) is 23.1. The molecule has 0 aliphatic rings. The Hall–Kier alpha value is -3.28. The van der Waals surface area contributed by atoms with Crippen LogP contribution in [0.4, 0.5) is 18.9 Å². The summed E-state index contributed by atoms with van der Waals surface area (Å²) in [6, 6.07) is 13.8. The van der Waals surface area contributed by atoms with E-state index in [4.69, 9.17) is 23.2 Å². The van der Waals surface area contributed by atoms with E-state index in [9.17, 15) is 31.2 Å². The van der Waals surface area contributed by atoms with Crippen molar-refractivity contribution in [3.8, 4) is 0 Å². The number of carbonyl (C=O) groups excluding carboxylic acids is 2. The monoisotopic (exact) mass is 643 g/mol. The largest absolute Gasteiger partial charge is 0.417 e. The summed E-state index contributed by atoms with van der Waals surface area (Å²) in [6.07, 6.45) is -4.70. The predicted molar refractivity (Wildman–Crippen MR) is 157 cm³/mol. The Morgan fingerprint density at radius 1 is 0.952 bits per heavy atom. The average Bonchev–Trinajstić information content (AvgIpc) is 2.92. The third kappa shape index (κ3) is 7.96. The topological polar surface area (TPSA) is 86.8 Å². The van der Waals surface area contributed by atoms with Crippen LogP contribution >= 0.6 is 23.2 Å². The maximum atomic E-state index is 14.0. The van der Waals surface area contributed by atoms with Gasteiger partial charge in [-0.3, -0.25) is 13.9 Å². The van der Waals surface area contributed by atoms with E-state index in [1.807, 2.05) is 0 Å². The fourth-order valence-corrected chi connectivity index (χ4v) is 6.01. The molecule has 0 spiro atoms. The van der Waals surface area contributed by atoms with Crippen LogP contribution in [0, 0.1) is 6.92 Å². The molecule has 1 N–H and O–H groups in total. The normalized spacial score (nSPS) is 12.5. The number of hydrogen-bond acceptors (Lipinski definition) is 4. The standard InChI is InChI=1S/C29H30Cl2F3N3O4S/c1-4-26(28(39)35-5-2)36(17-20-8-10-21(30)11-9-20)27(38)18-37(42(40,41)23-13-6-19(3)7-14-23)22-12-15-25(31)24(16-22)29(32,33)34/h6-16,26H,4-5,17-18H2,1-3H3,(H,35,39)/t26-/m1/s1. The molecule has 226 valence electrons. The number of carbonyl (C=O) groups is 2. The molecular formula is C29H30Cl2F3N3O4S. The molecule has 0 bridgehead atoms. The van der Waals surface area contributed by atoms with Crippen LogP contribution < -0.4 is 9.62 Å². The summed E-state index contributed by atoms with van der Waals surface area (Å²) in [5.74, 6) is -1.26. The van der Waals surface area contributed by atoms with Crippen LogP contribution in [0.25, 0.3) is 0 Å². The molecule has 42 heavy (non-hydrogen) atoms. The van der Waals surface area contributed by atoms with Gasteiger partial charge in [0.15, 0.2) is 0 Å². The quantitative estimate of drug-likeness (QED) is 0.260. The Balaban J connectivity index is 2.14. The first-order valence-electron chi connectivity index (χ1n) is 13.0. The van der Waals surface area contributed by atoms with Crippen LogP contribution in [0.1, 0.15) is 37.0 Å². The van der Waals surface area contributed by atoms with Gasteiger partial charge in [-0.05, 0) is 68.3 Å². The summed E-state index contributed by atoms with van der Waals surface area (Å²) >= 11 is 11.8. The van der Waals surface area contributed by atoms with E-state index >= 15 is 0 Å². The number of nitrogens with one attached hydrogen (secondary N) is 1. The SMILES string of the molecule is CCNC(=O)[C@@H](CC)N(Cc1ccc(Cl)cc1)C(=O)CN(c1ccc(Cl)c(C(F)(F)F)c1)S(=O)(=O)c1ccc(C)cc1. The number of anilines is 1. The van der Waals surface area contributed by atoms with E-state index in [0.29, 0.717) is 21.0 Å². The van der Waals surface area contributed by atoms with Gasteiger partial charge in [-0.2, -0.15) is 13.2 Å². The first kappa shape index (κ1) is 33.2. The highest BCUT2D eigenvalue weighted by Crippen LogP contribution is 2.38. The lowest BCUT2D eigenvalue weighted by atomic mass is 10.1. The number of alkyl halides is 3. The number of nitrogens with zero attached hydrogens (tertiary/aromatic N) is 2. The van der Waals surface area contributed by atoms with E-state index in [-0.39, 0.29) is 24.4 Å². The van der Waals surface area contributed by atoms with Gasteiger partial charge in [0.1, 0.15) is 12.6 Å². The second kappa shape index (κ2) is 13.8. The molecule has 1 atom stereocenters. The van der Waals surface area contributed by atoms with E-state index in [2.05, 4.69) is 5.32 Å². The Labute approximate surface area is 253 Å². The first-order chi connectivity index (χ1) is 19.7. The van der Waals surface area contributed by atoms with E-state index < -0.39 is 56.9 Å². The van der Waals surface area contributed by atoms with E-state index in [1.54, 1.807) is 45.0 Å². The Bertz CT molecular complexity index is 1520. The van der Waals surface area contributed by atoms with Crippen molar-refractivity contribution in [2.75, 3.05) is 17.4 Å². The third-order valence-corrected chi connectivity index (χ3v) is 8.80. The number of benzene rings is 3. The molecule has 7 nitrogen and oxygen atoms in total. The van der Waals surface area contributed by atoms with Gasteiger partial charge in [-0.25, -0.2) is 8.42 Å². The highest BCUT2D eigenvalue weighted by molar-refractivity contribution is 7.92. The molecular weight excluding hydrogens is 614 g/mol. The number of hydrogen-bond donors (Lipinski definition) is 1. The Morgan fingerprint density at radius 3 is 2.12 bits per heavy atom. The molecule has 2 amide bonds. The summed E-state index contributed by atoms with van der Waals surface area (Å²) < 4.78 is 69.6. The van der Waals surface area contributed by atoms with Gasteiger partial charge in [0.2, 0.25) is 11.8 Å². The number of likely N-dealkylation sites (N-methyl/N-ethyl adjacent to an activating group) is 1. The maximum absolute atomic E-state index is 14.0. The highest BCUT2D eigenvalue weighted by atomic mass is 35.5. The van der Waals surface area contributed by atoms with Gasteiger partial charge in [0.05, 0.1) is 21.2 Å². The summed E-state index contributed by atoms with van der Waals surface area (Å²) in [5.41, 5.74) is -0.318. The number of aryl methyl sites for hydroxylation is 1. The van der Waals surface area contributed by atoms with Crippen molar-refractivity contribution in [2.24, 2.45) is 0 Å². The first-order valence-corrected chi connectivity index (χ1v) is 15.2. The molecule has 0 fully saturated rings. The van der Waals surface area contributed by atoms with E-state index in [0.717, 1.165) is 17.7 Å². The molecule has 0 aliphatic carbocycles. The van der Waals surface area contributed by atoms with Crippen molar-refractivity contribution in [2.45, 2.75) is 50.9 Å². The maximum Gasteiger partial charge on any atom is 0.417 e. The fraction of sp³-hybridized carbons (Fsp3) is 0.310. The van der Waals surface area contributed by atoms with Crippen molar-refractivity contribution in [1.82, 2.24) is 10.2 Å². The molecule has 3 aromatic rings.